The van der Waals surface area contributed by atoms with Gasteiger partial charge in [-0.05, 0) is 49.6 Å². The van der Waals surface area contributed by atoms with Crippen LogP contribution in [-0.2, 0) is 21.4 Å². The first kappa shape index (κ1) is 20.3. The van der Waals surface area contributed by atoms with Crippen molar-refractivity contribution in [2.75, 3.05) is 6.61 Å². The van der Waals surface area contributed by atoms with Gasteiger partial charge in [-0.1, -0.05) is 58.4 Å². The third-order valence-corrected chi connectivity index (χ3v) is 5.78. The summed E-state index contributed by atoms with van der Waals surface area (Å²) in [6.07, 6.45) is 4.03. The molecule has 2 aromatic carbocycles. The standard InChI is InChI=1S/C24H22BrN3O2/c1-3-30-23(29)24(2,15-17-7-5-4-6-8-17)21-13-14-26-22-20(16-27-28(21)22)18-9-11-19(25)12-10-18/h4-14,16H,3,15H2,1-2H3/t24-/m1/s1. The van der Waals surface area contributed by atoms with Crippen LogP contribution >= 0.6 is 15.9 Å². The Morgan fingerprint density at radius 3 is 2.53 bits per heavy atom. The average molecular weight is 464 g/mol. The Labute approximate surface area is 183 Å². The van der Waals surface area contributed by atoms with Gasteiger partial charge in [-0.15, -0.1) is 0 Å². The third-order valence-electron chi connectivity index (χ3n) is 5.25. The highest BCUT2D eigenvalue weighted by Crippen LogP contribution is 2.32. The van der Waals surface area contributed by atoms with Crippen LogP contribution in [0.5, 0.6) is 0 Å². The fourth-order valence-corrected chi connectivity index (χ4v) is 3.97. The zero-order valence-corrected chi connectivity index (χ0v) is 18.5. The maximum atomic E-state index is 13.1. The van der Waals surface area contributed by atoms with E-state index in [1.54, 1.807) is 16.9 Å². The molecule has 6 heteroatoms. The summed E-state index contributed by atoms with van der Waals surface area (Å²) in [7, 11) is 0. The van der Waals surface area contributed by atoms with Gasteiger partial charge in [-0.3, -0.25) is 4.79 Å². The fourth-order valence-electron chi connectivity index (χ4n) is 3.70. The Morgan fingerprint density at radius 1 is 1.10 bits per heavy atom. The molecule has 4 rings (SSSR count). The zero-order chi connectivity index (χ0) is 21.1. The van der Waals surface area contributed by atoms with E-state index in [9.17, 15) is 4.79 Å². The van der Waals surface area contributed by atoms with Crippen molar-refractivity contribution in [1.82, 2.24) is 14.6 Å². The van der Waals surface area contributed by atoms with Crippen molar-refractivity contribution in [2.45, 2.75) is 25.7 Å². The number of fused-ring (bicyclic) bond motifs is 1. The quantitative estimate of drug-likeness (QED) is 0.367. The van der Waals surface area contributed by atoms with Crippen molar-refractivity contribution in [3.05, 3.63) is 88.8 Å². The predicted molar refractivity (Wildman–Crippen MR) is 120 cm³/mol. The molecule has 0 unspecified atom stereocenters. The number of esters is 1. The Balaban J connectivity index is 1.85. The summed E-state index contributed by atoms with van der Waals surface area (Å²) < 4.78 is 8.25. The van der Waals surface area contributed by atoms with Crippen molar-refractivity contribution in [3.8, 4) is 11.1 Å². The minimum Gasteiger partial charge on any atom is -0.465 e. The first-order valence-corrected chi connectivity index (χ1v) is 10.6. The van der Waals surface area contributed by atoms with Gasteiger partial charge in [0, 0.05) is 16.2 Å². The van der Waals surface area contributed by atoms with Crippen LogP contribution in [0.15, 0.2) is 77.5 Å². The van der Waals surface area contributed by atoms with Crippen LogP contribution in [0, 0.1) is 0 Å². The monoisotopic (exact) mass is 463 g/mol. The number of hydrogen-bond acceptors (Lipinski definition) is 4. The van der Waals surface area contributed by atoms with E-state index < -0.39 is 5.41 Å². The van der Waals surface area contributed by atoms with Crippen LogP contribution < -0.4 is 0 Å². The van der Waals surface area contributed by atoms with Crippen LogP contribution in [0.2, 0.25) is 0 Å². The lowest BCUT2D eigenvalue weighted by Crippen LogP contribution is -2.38. The molecular weight excluding hydrogens is 442 g/mol. The first-order chi connectivity index (χ1) is 14.5. The van der Waals surface area contributed by atoms with Gasteiger partial charge in [-0.25, -0.2) is 9.50 Å². The average Bonchev–Trinajstić information content (AvgIpc) is 3.19. The Kier molecular flexibility index (Phi) is 5.68. The number of carbonyl (C=O) groups excluding carboxylic acids is 1. The first-order valence-electron chi connectivity index (χ1n) is 9.83. The van der Waals surface area contributed by atoms with Gasteiger partial charge in [0.25, 0.3) is 0 Å². The second kappa shape index (κ2) is 8.40. The summed E-state index contributed by atoms with van der Waals surface area (Å²) in [5.41, 5.74) is 3.52. The number of nitrogens with zero attached hydrogens (tertiary/aromatic N) is 3. The van der Waals surface area contributed by atoms with Crippen LogP contribution in [0.4, 0.5) is 0 Å². The molecule has 0 N–H and O–H groups in total. The highest BCUT2D eigenvalue weighted by Gasteiger charge is 2.39. The summed E-state index contributed by atoms with van der Waals surface area (Å²) in [6.45, 7) is 4.05. The van der Waals surface area contributed by atoms with E-state index in [0.29, 0.717) is 18.7 Å². The second-order valence-electron chi connectivity index (χ2n) is 7.35. The van der Waals surface area contributed by atoms with E-state index in [1.807, 2.05) is 74.5 Å². The molecule has 0 spiro atoms. The lowest BCUT2D eigenvalue weighted by molar-refractivity contribution is -0.149. The molecule has 0 aliphatic rings. The maximum Gasteiger partial charge on any atom is 0.318 e. The lowest BCUT2D eigenvalue weighted by Gasteiger charge is -2.28. The molecule has 152 valence electrons. The minimum absolute atomic E-state index is 0.276. The van der Waals surface area contributed by atoms with Gasteiger partial charge < -0.3 is 4.74 Å². The molecule has 5 nitrogen and oxygen atoms in total. The summed E-state index contributed by atoms with van der Waals surface area (Å²) in [5.74, 6) is -0.276. The molecule has 0 aliphatic carbocycles. The van der Waals surface area contributed by atoms with Crippen LogP contribution in [-0.4, -0.2) is 27.2 Å². The number of hydrogen-bond donors (Lipinski definition) is 0. The summed E-state index contributed by atoms with van der Waals surface area (Å²) in [6, 6.07) is 19.8. The van der Waals surface area contributed by atoms with Crippen LogP contribution in [0.3, 0.4) is 0 Å². The van der Waals surface area contributed by atoms with E-state index in [2.05, 4.69) is 26.0 Å². The Hall–Kier alpha value is -2.99. The van der Waals surface area contributed by atoms with Crippen molar-refractivity contribution in [3.63, 3.8) is 0 Å². The van der Waals surface area contributed by atoms with Crippen molar-refractivity contribution in [2.24, 2.45) is 0 Å². The Morgan fingerprint density at radius 2 is 1.83 bits per heavy atom. The van der Waals surface area contributed by atoms with Gasteiger partial charge >= 0.3 is 5.97 Å². The lowest BCUT2D eigenvalue weighted by atomic mass is 9.80. The number of aromatic nitrogens is 3. The highest BCUT2D eigenvalue weighted by atomic mass is 79.9. The molecule has 30 heavy (non-hydrogen) atoms. The number of halogens is 1. The normalized spacial score (nSPS) is 13.2. The molecule has 0 saturated heterocycles. The Bertz CT molecular complexity index is 1170. The smallest absolute Gasteiger partial charge is 0.318 e. The van der Waals surface area contributed by atoms with Gasteiger partial charge in [0.15, 0.2) is 5.65 Å². The largest absolute Gasteiger partial charge is 0.465 e. The third kappa shape index (κ3) is 3.75. The number of rotatable bonds is 6. The molecule has 0 bridgehead atoms. The van der Waals surface area contributed by atoms with Crippen molar-refractivity contribution in [1.29, 1.82) is 0 Å². The van der Waals surface area contributed by atoms with Gasteiger partial charge in [0.1, 0.15) is 5.41 Å². The minimum atomic E-state index is -0.915. The molecule has 2 aromatic heterocycles. The summed E-state index contributed by atoms with van der Waals surface area (Å²) >= 11 is 3.47. The van der Waals surface area contributed by atoms with Crippen LogP contribution in [0.1, 0.15) is 25.1 Å². The number of carbonyl (C=O) groups is 1. The molecule has 1 atom stereocenters. The second-order valence-corrected chi connectivity index (χ2v) is 8.26. The SMILES string of the molecule is CCOC(=O)[C@](C)(Cc1ccccc1)c1ccnc2c(-c3ccc(Br)cc3)cnn12. The number of ether oxygens (including phenoxy) is 1. The maximum absolute atomic E-state index is 13.1. The van der Waals surface area contributed by atoms with Gasteiger partial charge in [-0.2, -0.15) is 5.10 Å². The number of benzene rings is 2. The molecule has 0 saturated carbocycles. The predicted octanol–water partition coefficient (Wildman–Crippen LogP) is 5.22. The molecule has 0 amide bonds. The highest BCUT2D eigenvalue weighted by molar-refractivity contribution is 9.10. The van der Waals surface area contributed by atoms with Gasteiger partial charge in [0.2, 0.25) is 0 Å². The molecular formula is C24H22BrN3O2. The zero-order valence-electron chi connectivity index (χ0n) is 16.9. The molecule has 0 fully saturated rings. The summed E-state index contributed by atoms with van der Waals surface area (Å²) in [4.78, 5) is 17.7. The van der Waals surface area contributed by atoms with Gasteiger partial charge in [0.05, 0.1) is 18.5 Å². The van der Waals surface area contributed by atoms with Crippen molar-refractivity contribution < 1.29 is 9.53 Å². The topological polar surface area (TPSA) is 56.5 Å². The molecule has 2 heterocycles. The van der Waals surface area contributed by atoms with Crippen molar-refractivity contribution >= 4 is 27.5 Å². The van der Waals surface area contributed by atoms with E-state index in [4.69, 9.17) is 4.74 Å². The molecule has 0 radical (unpaired) electrons. The van der Waals surface area contributed by atoms with E-state index >= 15 is 0 Å². The molecule has 4 aromatic rings. The van der Waals surface area contributed by atoms with E-state index in [1.165, 1.54) is 0 Å². The van der Waals surface area contributed by atoms with E-state index in [-0.39, 0.29) is 5.97 Å². The molecule has 0 aliphatic heterocycles. The van der Waals surface area contributed by atoms with E-state index in [0.717, 1.165) is 26.9 Å². The van der Waals surface area contributed by atoms with Crippen LogP contribution in [0.25, 0.3) is 16.8 Å². The fraction of sp³-hybridized carbons (Fsp3) is 0.208. The summed E-state index contributed by atoms with van der Waals surface area (Å²) in [5, 5.41) is 4.60.